The highest BCUT2D eigenvalue weighted by molar-refractivity contribution is 5.80. The maximum Gasteiger partial charge on any atom is 0.260 e. The van der Waals surface area contributed by atoms with Crippen LogP contribution in [0.3, 0.4) is 0 Å². The van der Waals surface area contributed by atoms with Crippen molar-refractivity contribution in [2.24, 2.45) is 5.92 Å². The number of ether oxygens (including phenoxy) is 1. The molecule has 1 aliphatic rings. The highest BCUT2D eigenvalue weighted by Crippen LogP contribution is 2.23. The van der Waals surface area contributed by atoms with Crippen LogP contribution in [-0.4, -0.2) is 18.6 Å². The van der Waals surface area contributed by atoms with Gasteiger partial charge in [0.1, 0.15) is 5.75 Å². The van der Waals surface area contributed by atoms with Crippen LogP contribution < -0.4 is 10.1 Å². The summed E-state index contributed by atoms with van der Waals surface area (Å²) in [5.41, 5.74) is 2.42. The molecule has 3 heteroatoms. The molecule has 0 heterocycles. The minimum absolute atomic E-state index is 0.0150. The highest BCUT2D eigenvalue weighted by atomic mass is 16.5. The third-order valence-electron chi connectivity index (χ3n) is 4.45. The van der Waals surface area contributed by atoms with Crippen molar-refractivity contribution in [1.29, 1.82) is 0 Å². The number of benzene rings is 1. The van der Waals surface area contributed by atoms with Crippen molar-refractivity contribution in [3.8, 4) is 5.75 Å². The molecule has 1 unspecified atom stereocenters. The smallest absolute Gasteiger partial charge is 0.260 e. The summed E-state index contributed by atoms with van der Waals surface area (Å²) < 4.78 is 5.74. The first kappa shape index (κ1) is 15.9. The number of carbonyl (C=O) groups is 1. The number of rotatable bonds is 5. The van der Waals surface area contributed by atoms with Gasteiger partial charge in [-0.15, -0.1) is 0 Å². The molecular formula is C18H27NO2. The van der Waals surface area contributed by atoms with E-state index in [4.69, 9.17) is 4.74 Å². The fraction of sp³-hybridized carbons (Fsp3) is 0.611. The zero-order chi connectivity index (χ0) is 15.2. The molecule has 1 aromatic rings. The molecule has 3 nitrogen and oxygen atoms in total. The Kier molecular flexibility index (Phi) is 5.66. The number of hydrogen-bond donors (Lipinski definition) is 1. The number of aryl methyl sites for hydroxylation is 2. The molecule has 0 spiro atoms. The van der Waals surface area contributed by atoms with Crippen LogP contribution in [-0.2, 0) is 4.79 Å². The van der Waals surface area contributed by atoms with E-state index in [0.29, 0.717) is 5.92 Å². The van der Waals surface area contributed by atoms with E-state index < -0.39 is 6.10 Å². The molecular weight excluding hydrogens is 262 g/mol. The Labute approximate surface area is 128 Å². The monoisotopic (exact) mass is 289 g/mol. The van der Waals surface area contributed by atoms with Crippen LogP contribution in [0.2, 0.25) is 0 Å². The lowest BCUT2D eigenvalue weighted by Crippen LogP contribution is -2.39. The number of carbonyl (C=O) groups excluding carboxylic acids is 1. The van der Waals surface area contributed by atoms with Gasteiger partial charge < -0.3 is 10.1 Å². The first-order chi connectivity index (χ1) is 10.1. The molecule has 2 rings (SSSR count). The summed E-state index contributed by atoms with van der Waals surface area (Å²) >= 11 is 0. The van der Waals surface area contributed by atoms with Gasteiger partial charge in [0.15, 0.2) is 6.10 Å². The number of amides is 1. The molecule has 1 fully saturated rings. The molecule has 1 amide bonds. The third kappa shape index (κ3) is 4.76. The van der Waals surface area contributed by atoms with Gasteiger partial charge in [0.25, 0.3) is 5.91 Å². The lowest BCUT2D eigenvalue weighted by molar-refractivity contribution is -0.127. The normalized spacial score (nSPS) is 17.3. The molecule has 1 saturated carbocycles. The first-order valence-electron chi connectivity index (χ1n) is 8.08. The standard InChI is InChI=1S/C18H27NO2/c1-13-9-10-17(11-14(13)2)21-15(3)18(20)19-12-16-7-5-4-6-8-16/h9-11,15-16H,4-8,12H2,1-3H3,(H,19,20). The summed E-state index contributed by atoms with van der Waals surface area (Å²) in [6.07, 6.45) is 5.98. The van der Waals surface area contributed by atoms with Gasteiger partial charge in [0.05, 0.1) is 0 Å². The van der Waals surface area contributed by atoms with Crippen LogP contribution in [0.1, 0.15) is 50.2 Å². The van der Waals surface area contributed by atoms with E-state index in [1.165, 1.54) is 43.2 Å². The van der Waals surface area contributed by atoms with Crippen molar-refractivity contribution >= 4 is 5.91 Å². The van der Waals surface area contributed by atoms with Gasteiger partial charge in [-0.1, -0.05) is 25.3 Å². The van der Waals surface area contributed by atoms with E-state index >= 15 is 0 Å². The zero-order valence-electron chi connectivity index (χ0n) is 13.4. The average molecular weight is 289 g/mol. The highest BCUT2D eigenvalue weighted by Gasteiger charge is 2.18. The van der Waals surface area contributed by atoms with Gasteiger partial charge >= 0.3 is 0 Å². The summed E-state index contributed by atoms with van der Waals surface area (Å²) in [5, 5.41) is 3.03. The van der Waals surface area contributed by atoms with Gasteiger partial charge in [0, 0.05) is 6.54 Å². The summed E-state index contributed by atoms with van der Waals surface area (Å²) in [6, 6.07) is 5.94. The van der Waals surface area contributed by atoms with Crippen molar-refractivity contribution in [2.75, 3.05) is 6.54 Å². The number of hydrogen-bond acceptors (Lipinski definition) is 2. The van der Waals surface area contributed by atoms with Crippen molar-refractivity contribution < 1.29 is 9.53 Å². The zero-order valence-corrected chi connectivity index (χ0v) is 13.4. The van der Waals surface area contributed by atoms with E-state index in [9.17, 15) is 4.79 Å². The Balaban J connectivity index is 1.79. The third-order valence-corrected chi connectivity index (χ3v) is 4.45. The van der Waals surface area contributed by atoms with Crippen LogP contribution in [0.4, 0.5) is 0 Å². The second-order valence-corrected chi connectivity index (χ2v) is 6.26. The minimum atomic E-state index is -0.448. The van der Waals surface area contributed by atoms with E-state index in [-0.39, 0.29) is 5.91 Å². The quantitative estimate of drug-likeness (QED) is 0.896. The van der Waals surface area contributed by atoms with Crippen LogP contribution in [0, 0.1) is 19.8 Å². The van der Waals surface area contributed by atoms with Gasteiger partial charge in [-0.25, -0.2) is 0 Å². The van der Waals surface area contributed by atoms with Crippen LogP contribution >= 0.6 is 0 Å². The van der Waals surface area contributed by atoms with Crippen molar-refractivity contribution in [3.63, 3.8) is 0 Å². The Hall–Kier alpha value is -1.51. The van der Waals surface area contributed by atoms with Crippen LogP contribution in [0.5, 0.6) is 5.75 Å². The van der Waals surface area contributed by atoms with E-state index in [0.717, 1.165) is 12.3 Å². The van der Waals surface area contributed by atoms with Gasteiger partial charge in [-0.3, -0.25) is 4.79 Å². The molecule has 0 aromatic heterocycles. The summed E-state index contributed by atoms with van der Waals surface area (Å²) in [4.78, 5) is 12.1. The molecule has 21 heavy (non-hydrogen) atoms. The Morgan fingerprint density at radius 2 is 1.95 bits per heavy atom. The van der Waals surface area contributed by atoms with E-state index in [2.05, 4.69) is 19.2 Å². The predicted octanol–water partition coefficient (Wildman–Crippen LogP) is 3.77. The van der Waals surface area contributed by atoms with E-state index in [1.54, 1.807) is 0 Å². The molecule has 0 radical (unpaired) electrons. The van der Waals surface area contributed by atoms with Crippen LogP contribution in [0.15, 0.2) is 18.2 Å². The SMILES string of the molecule is Cc1ccc(OC(C)C(=O)NCC2CCCCC2)cc1C. The van der Waals surface area contributed by atoms with Crippen molar-refractivity contribution in [1.82, 2.24) is 5.32 Å². The molecule has 0 saturated heterocycles. The van der Waals surface area contributed by atoms with Crippen molar-refractivity contribution in [2.45, 2.75) is 59.0 Å². The molecule has 116 valence electrons. The van der Waals surface area contributed by atoms with Gasteiger partial charge in [-0.05, 0) is 62.8 Å². The molecule has 1 atom stereocenters. The maximum atomic E-state index is 12.1. The molecule has 0 bridgehead atoms. The van der Waals surface area contributed by atoms with Gasteiger partial charge in [0.2, 0.25) is 0 Å². The maximum absolute atomic E-state index is 12.1. The minimum Gasteiger partial charge on any atom is -0.481 e. The summed E-state index contributed by atoms with van der Waals surface area (Å²) in [7, 11) is 0. The fourth-order valence-electron chi connectivity index (χ4n) is 2.82. The Morgan fingerprint density at radius 3 is 2.62 bits per heavy atom. The fourth-order valence-corrected chi connectivity index (χ4v) is 2.82. The van der Waals surface area contributed by atoms with Crippen molar-refractivity contribution in [3.05, 3.63) is 29.3 Å². The molecule has 0 aliphatic heterocycles. The molecule has 1 aromatic carbocycles. The summed E-state index contributed by atoms with van der Waals surface area (Å²) in [5.74, 6) is 1.40. The van der Waals surface area contributed by atoms with Gasteiger partial charge in [-0.2, -0.15) is 0 Å². The largest absolute Gasteiger partial charge is 0.481 e. The van der Waals surface area contributed by atoms with E-state index in [1.807, 2.05) is 25.1 Å². The van der Waals surface area contributed by atoms with Crippen LogP contribution in [0.25, 0.3) is 0 Å². The second-order valence-electron chi connectivity index (χ2n) is 6.26. The molecule has 1 N–H and O–H groups in total. The second kappa shape index (κ2) is 7.48. The predicted molar refractivity (Wildman–Crippen MR) is 85.6 cm³/mol. The summed E-state index contributed by atoms with van der Waals surface area (Å²) in [6.45, 7) is 6.72. The number of nitrogens with one attached hydrogen (secondary N) is 1. The topological polar surface area (TPSA) is 38.3 Å². The first-order valence-corrected chi connectivity index (χ1v) is 8.08. The average Bonchev–Trinajstić information content (AvgIpc) is 2.49. The lowest BCUT2D eigenvalue weighted by Gasteiger charge is -2.23. The lowest BCUT2D eigenvalue weighted by atomic mass is 9.89. The Morgan fingerprint density at radius 1 is 1.24 bits per heavy atom. The Bertz CT molecular complexity index is 478. The molecule has 1 aliphatic carbocycles.